The summed E-state index contributed by atoms with van der Waals surface area (Å²) in [6.45, 7) is 1.90. The van der Waals surface area contributed by atoms with Crippen molar-refractivity contribution in [2.24, 2.45) is 0 Å². The van der Waals surface area contributed by atoms with Crippen LogP contribution in [-0.4, -0.2) is 4.98 Å². The maximum Gasteiger partial charge on any atom is 0.416 e. The molecule has 4 aromatic rings. The molecule has 0 aliphatic rings. The molecule has 1 heterocycles. The first-order chi connectivity index (χ1) is 16.2. The minimum absolute atomic E-state index is 0.439. The predicted molar refractivity (Wildman–Crippen MR) is 132 cm³/mol. The van der Waals surface area contributed by atoms with Gasteiger partial charge in [0, 0.05) is 11.4 Å². The number of rotatable bonds is 6. The van der Waals surface area contributed by atoms with E-state index in [1.165, 1.54) is 12.1 Å². The van der Waals surface area contributed by atoms with Gasteiger partial charge in [-0.25, -0.2) is 0 Å². The van der Waals surface area contributed by atoms with Crippen molar-refractivity contribution in [3.63, 3.8) is 0 Å². The molecule has 0 radical (unpaired) electrons. The second-order valence-electron chi connectivity index (χ2n) is 7.71. The summed E-state index contributed by atoms with van der Waals surface area (Å²) in [4.78, 5) is 4.27. The van der Waals surface area contributed by atoms with Crippen LogP contribution in [0.25, 0.3) is 0 Å². The van der Waals surface area contributed by atoms with Crippen LogP contribution < -0.4 is 27.4 Å². The molecule has 0 spiro atoms. The first-order valence-electron chi connectivity index (χ1n) is 10.4. The highest BCUT2D eigenvalue weighted by molar-refractivity contribution is 5.88. The Morgan fingerprint density at radius 2 is 1.24 bits per heavy atom. The number of aromatic nitrogens is 1. The van der Waals surface area contributed by atoms with Crippen molar-refractivity contribution in [1.29, 1.82) is 0 Å². The van der Waals surface area contributed by atoms with E-state index in [1.54, 1.807) is 18.3 Å². The molecule has 9 heteroatoms. The monoisotopic (exact) mass is 464 g/mol. The molecule has 34 heavy (non-hydrogen) atoms. The van der Waals surface area contributed by atoms with Gasteiger partial charge >= 0.3 is 6.18 Å². The van der Waals surface area contributed by atoms with Crippen LogP contribution in [0.4, 0.5) is 58.7 Å². The summed E-state index contributed by atoms with van der Waals surface area (Å²) in [5, 5.41) is 9.66. The average Bonchev–Trinajstić information content (AvgIpc) is 2.79. The molecule has 0 aliphatic carbocycles. The summed E-state index contributed by atoms with van der Waals surface area (Å²) in [6, 6.07) is 19.4. The molecular weight excluding hydrogens is 441 g/mol. The highest BCUT2D eigenvalue weighted by Gasteiger charge is 2.29. The molecule has 4 rings (SSSR count). The number of pyridine rings is 1. The molecule has 1 aromatic heterocycles. The van der Waals surface area contributed by atoms with Crippen LogP contribution in [0.1, 0.15) is 11.3 Å². The maximum atomic E-state index is 12.8. The third-order valence-electron chi connectivity index (χ3n) is 5.10. The van der Waals surface area contributed by atoms with Crippen LogP contribution >= 0.6 is 0 Å². The fourth-order valence-corrected chi connectivity index (χ4v) is 3.29. The smallest absolute Gasteiger partial charge is 0.397 e. The van der Waals surface area contributed by atoms with Gasteiger partial charge in [-0.3, -0.25) is 4.98 Å². The van der Waals surface area contributed by atoms with E-state index < -0.39 is 11.7 Å². The van der Waals surface area contributed by atoms with Crippen molar-refractivity contribution < 1.29 is 13.2 Å². The number of nitrogen functional groups attached to an aromatic ring is 2. The first-order valence-corrected chi connectivity index (χ1v) is 10.4. The molecule has 0 amide bonds. The summed E-state index contributed by atoms with van der Waals surface area (Å²) < 4.78 is 38.5. The molecule has 0 saturated heterocycles. The molecule has 0 unspecified atom stereocenters. The van der Waals surface area contributed by atoms with Gasteiger partial charge < -0.3 is 27.4 Å². The minimum atomic E-state index is -4.38. The molecule has 3 aromatic carbocycles. The number of aryl methyl sites for hydroxylation is 1. The van der Waals surface area contributed by atoms with Crippen LogP contribution in [0.5, 0.6) is 0 Å². The lowest BCUT2D eigenvalue weighted by Crippen LogP contribution is -2.05. The first kappa shape index (κ1) is 22.8. The standard InChI is InChI=1S/C25H23F3N6/c1-15-6-9-18(14-31-15)33-23-13-24(20(30)12-19(23)29)34-22-5-3-2-4-21(22)32-17-10-7-16(8-11-17)25(26,27)28/h2-14,32-34H,29-30H2,1H3. The van der Waals surface area contributed by atoms with Crippen molar-refractivity contribution in [2.75, 3.05) is 27.4 Å². The van der Waals surface area contributed by atoms with Crippen LogP contribution in [0.15, 0.2) is 79.0 Å². The van der Waals surface area contributed by atoms with E-state index in [0.29, 0.717) is 39.8 Å². The highest BCUT2D eigenvalue weighted by Crippen LogP contribution is 2.36. The molecule has 174 valence electrons. The molecule has 7 N–H and O–H groups in total. The number of hydrogen-bond acceptors (Lipinski definition) is 6. The highest BCUT2D eigenvalue weighted by atomic mass is 19.4. The molecule has 0 atom stereocenters. The molecule has 0 saturated carbocycles. The SMILES string of the molecule is Cc1ccc(Nc2cc(Nc3ccccc3Nc3ccc(C(F)(F)F)cc3)c(N)cc2N)cn1. The number of benzene rings is 3. The van der Waals surface area contributed by atoms with E-state index in [4.69, 9.17) is 11.5 Å². The zero-order valence-electron chi connectivity index (χ0n) is 18.2. The quantitative estimate of drug-likeness (QED) is 0.201. The van der Waals surface area contributed by atoms with Gasteiger partial charge in [0.1, 0.15) is 0 Å². The van der Waals surface area contributed by atoms with Crippen LogP contribution in [0.3, 0.4) is 0 Å². The average molecular weight is 464 g/mol. The van der Waals surface area contributed by atoms with Gasteiger partial charge in [0.15, 0.2) is 0 Å². The summed E-state index contributed by atoms with van der Waals surface area (Å²) in [6.07, 6.45) is -2.67. The fraction of sp³-hybridized carbons (Fsp3) is 0.0800. The van der Waals surface area contributed by atoms with Gasteiger partial charge in [0.25, 0.3) is 0 Å². The Bertz CT molecular complexity index is 1290. The summed E-state index contributed by atoms with van der Waals surface area (Å²) in [7, 11) is 0. The molecule has 0 fully saturated rings. The third-order valence-corrected chi connectivity index (χ3v) is 5.10. The van der Waals surface area contributed by atoms with Gasteiger partial charge in [-0.1, -0.05) is 12.1 Å². The summed E-state index contributed by atoms with van der Waals surface area (Å²) in [5.41, 5.74) is 17.4. The van der Waals surface area contributed by atoms with Crippen LogP contribution in [0, 0.1) is 6.92 Å². The second kappa shape index (κ2) is 9.22. The van der Waals surface area contributed by atoms with E-state index >= 15 is 0 Å². The Balaban J connectivity index is 1.58. The van der Waals surface area contributed by atoms with E-state index in [1.807, 2.05) is 43.3 Å². The molecule has 0 aliphatic heterocycles. The molecular formula is C25H23F3N6. The topological polar surface area (TPSA) is 101 Å². The summed E-state index contributed by atoms with van der Waals surface area (Å²) in [5.74, 6) is 0. The minimum Gasteiger partial charge on any atom is -0.397 e. The Hall–Kier alpha value is -4.40. The Morgan fingerprint density at radius 1 is 0.676 bits per heavy atom. The number of nitrogens with zero attached hydrogens (tertiary/aromatic N) is 1. The molecule has 0 bridgehead atoms. The number of para-hydroxylation sites is 2. The number of nitrogens with two attached hydrogens (primary N) is 2. The number of hydrogen-bond donors (Lipinski definition) is 5. The Kier molecular flexibility index (Phi) is 6.18. The number of alkyl halides is 3. The van der Waals surface area contributed by atoms with Crippen LogP contribution in [-0.2, 0) is 6.18 Å². The Morgan fingerprint density at radius 3 is 1.82 bits per heavy atom. The largest absolute Gasteiger partial charge is 0.416 e. The lowest BCUT2D eigenvalue weighted by molar-refractivity contribution is -0.137. The Labute approximate surface area is 194 Å². The van der Waals surface area contributed by atoms with Crippen molar-refractivity contribution >= 4 is 45.5 Å². The predicted octanol–water partition coefficient (Wildman–Crippen LogP) is 6.80. The molecule has 6 nitrogen and oxygen atoms in total. The van der Waals surface area contributed by atoms with Crippen molar-refractivity contribution in [3.05, 3.63) is 90.3 Å². The third kappa shape index (κ3) is 5.32. The van der Waals surface area contributed by atoms with Gasteiger partial charge in [-0.15, -0.1) is 0 Å². The van der Waals surface area contributed by atoms with Gasteiger partial charge in [-0.05, 0) is 67.6 Å². The number of nitrogens with one attached hydrogen (secondary N) is 3. The van der Waals surface area contributed by atoms with E-state index in [0.717, 1.165) is 23.5 Å². The lowest BCUT2D eigenvalue weighted by Gasteiger charge is -2.18. The van der Waals surface area contributed by atoms with Crippen LogP contribution in [0.2, 0.25) is 0 Å². The van der Waals surface area contributed by atoms with Crippen molar-refractivity contribution in [1.82, 2.24) is 4.98 Å². The van der Waals surface area contributed by atoms with Gasteiger partial charge in [0.05, 0.1) is 51.6 Å². The van der Waals surface area contributed by atoms with E-state index in [9.17, 15) is 13.2 Å². The number of halogens is 3. The lowest BCUT2D eigenvalue weighted by atomic mass is 10.1. The van der Waals surface area contributed by atoms with Crippen molar-refractivity contribution in [2.45, 2.75) is 13.1 Å². The van der Waals surface area contributed by atoms with Gasteiger partial charge in [0.2, 0.25) is 0 Å². The maximum absolute atomic E-state index is 12.8. The fourth-order valence-electron chi connectivity index (χ4n) is 3.29. The zero-order valence-corrected chi connectivity index (χ0v) is 18.2. The zero-order chi connectivity index (χ0) is 24.3. The van der Waals surface area contributed by atoms with Crippen molar-refractivity contribution in [3.8, 4) is 0 Å². The normalized spacial score (nSPS) is 11.2. The second-order valence-corrected chi connectivity index (χ2v) is 7.71. The summed E-state index contributed by atoms with van der Waals surface area (Å²) >= 11 is 0. The van der Waals surface area contributed by atoms with Gasteiger partial charge in [-0.2, -0.15) is 13.2 Å². The van der Waals surface area contributed by atoms with E-state index in [-0.39, 0.29) is 0 Å². The van der Waals surface area contributed by atoms with E-state index in [2.05, 4.69) is 20.9 Å². The number of anilines is 8.